The number of aryl methyl sites for hydroxylation is 2. The highest BCUT2D eigenvalue weighted by Crippen LogP contribution is 2.20. The third kappa shape index (κ3) is 5.25. The molecule has 0 saturated carbocycles. The van der Waals surface area contributed by atoms with Crippen LogP contribution in [0.15, 0.2) is 64.5 Å². The van der Waals surface area contributed by atoms with Gasteiger partial charge in [-0.05, 0) is 54.3 Å². The highest BCUT2D eigenvalue weighted by atomic mass is 32.1. The average Bonchev–Trinajstić information content (AvgIpc) is 3.48. The van der Waals surface area contributed by atoms with Crippen LogP contribution in [0.2, 0.25) is 0 Å². The normalized spacial score (nSPS) is 10.7. The Kier molecular flexibility index (Phi) is 6.37. The quantitative estimate of drug-likeness (QED) is 0.313. The summed E-state index contributed by atoms with van der Waals surface area (Å²) in [5, 5.41) is 8.43. The van der Waals surface area contributed by atoms with Gasteiger partial charge in [0, 0.05) is 17.7 Å². The molecule has 0 saturated heterocycles. The number of nitrogens with one attached hydrogen (secondary N) is 1. The largest absolute Gasteiger partial charge is 0.427 e. The van der Waals surface area contributed by atoms with Crippen LogP contribution in [0, 0.1) is 12.7 Å². The van der Waals surface area contributed by atoms with Crippen molar-refractivity contribution in [2.24, 2.45) is 0 Å². The zero-order chi connectivity index (χ0) is 22.5. The van der Waals surface area contributed by atoms with Crippen molar-refractivity contribution in [1.82, 2.24) is 10.1 Å². The summed E-state index contributed by atoms with van der Waals surface area (Å²) in [5.74, 6) is -0.157. The summed E-state index contributed by atoms with van der Waals surface area (Å²) in [4.78, 5) is 29.0. The molecule has 0 aliphatic heterocycles. The molecule has 162 valence electrons. The lowest BCUT2D eigenvalue weighted by Crippen LogP contribution is -2.11. The van der Waals surface area contributed by atoms with Crippen molar-refractivity contribution in [2.45, 2.75) is 19.8 Å². The molecular weight excluding hydrogens is 433 g/mol. The van der Waals surface area contributed by atoms with Crippen LogP contribution in [-0.4, -0.2) is 22.0 Å². The zero-order valence-electron chi connectivity index (χ0n) is 17.0. The fraction of sp³-hybridized carbons (Fsp3) is 0.130. The maximum Gasteiger partial charge on any atom is 0.311 e. The summed E-state index contributed by atoms with van der Waals surface area (Å²) in [6, 6.07) is 14.7. The van der Waals surface area contributed by atoms with E-state index < -0.39 is 5.97 Å². The van der Waals surface area contributed by atoms with Crippen molar-refractivity contribution in [3.63, 3.8) is 0 Å². The summed E-state index contributed by atoms with van der Waals surface area (Å²) < 4.78 is 24.2. The van der Waals surface area contributed by atoms with Crippen molar-refractivity contribution in [3.8, 4) is 17.1 Å². The highest BCUT2D eigenvalue weighted by Gasteiger charge is 2.13. The molecule has 0 aliphatic rings. The van der Waals surface area contributed by atoms with Crippen molar-refractivity contribution in [1.29, 1.82) is 0 Å². The Bertz CT molecular complexity index is 1240. The smallest absolute Gasteiger partial charge is 0.311 e. The standard InChI is InChI=1S/C23H18FN3O4S/c1-14-4-5-15(13-18(14)24)22-26-20(31-27-22)10-11-21(28)30-17-8-6-16(7-9-17)25-23(29)19-3-2-12-32-19/h2-9,12-13H,10-11H2,1H3,(H,25,29). The fourth-order valence-corrected chi connectivity index (χ4v) is 3.42. The van der Waals surface area contributed by atoms with E-state index in [4.69, 9.17) is 9.26 Å². The van der Waals surface area contributed by atoms with E-state index in [1.807, 2.05) is 5.38 Å². The van der Waals surface area contributed by atoms with E-state index in [1.54, 1.807) is 55.5 Å². The van der Waals surface area contributed by atoms with Crippen LogP contribution in [0.5, 0.6) is 5.75 Å². The first-order valence-corrected chi connectivity index (χ1v) is 10.6. The molecule has 0 spiro atoms. The summed E-state index contributed by atoms with van der Waals surface area (Å²) in [5.41, 5.74) is 1.62. The van der Waals surface area contributed by atoms with Crippen LogP contribution >= 0.6 is 11.3 Å². The molecule has 32 heavy (non-hydrogen) atoms. The predicted molar refractivity (Wildman–Crippen MR) is 117 cm³/mol. The van der Waals surface area contributed by atoms with Gasteiger partial charge in [0.05, 0.1) is 11.3 Å². The number of hydrogen-bond donors (Lipinski definition) is 1. The lowest BCUT2D eigenvalue weighted by atomic mass is 10.1. The van der Waals surface area contributed by atoms with Gasteiger partial charge in [0.1, 0.15) is 11.6 Å². The summed E-state index contributed by atoms with van der Waals surface area (Å²) in [6.07, 6.45) is 0.218. The van der Waals surface area contributed by atoms with E-state index in [0.717, 1.165) is 0 Å². The van der Waals surface area contributed by atoms with E-state index >= 15 is 0 Å². The Balaban J connectivity index is 1.28. The van der Waals surface area contributed by atoms with Gasteiger partial charge in [-0.1, -0.05) is 23.4 Å². The molecular formula is C23H18FN3O4S. The number of ether oxygens (including phenoxy) is 1. The van der Waals surface area contributed by atoms with Gasteiger partial charge in [-0.15, -0.1) is 11.3 Å². The molecule has 0 bridgehead atoms. The topological polar surface area (TPSA) is 94.3 Å². The van der Waals surface area contributed by atoms with Crippen molar-refractivity contribution >= 4 is 28.9 Å². The number of amides is 1. The molecule has 0 radical (unpaired) electrons. The van der Waals surface area contributed by atoms with Crippen LogP contribution in [-0.2, 0) is 11.2 Å². The molecule has 1 amide bonds. The van der Waals surface area contributed by atoms with Crippen molar-refractivity contribution in [2.75, 3.05) is 5.32 Å². The molecule has 0 unspecified atom stereocenters. The van der Waals surface area contributed by atoms with Crippen LogP contribution in [0.3, 0.4) is 0 Å². The molecule has 9 heteroatoms. The summed E-state index contributed by atoms with van der Waals surface area (Å²) in [6.45, 7) is 1.67. The van der Waals surface area contributed by atoms with Crippen LogP contribution in [0.25, 0.3) is 11.4 Å². The second-order valence-electron chi connectivity index (χ2n) is 6.91. The molecule has 0 atom stereocenters. The number of aromatic nitrogens is 2. The first kappa shape index (κ1) is 21.4. The number of thiophene rings is 1. The molecule has 0 fully saturated rings. The van der Waals surface area contributed by atoms with E-state index in [1.165, 1.54) is 17.4 Å². The van der Waals surface area contributed by atoms with Gasteiger partial charge in [0.25, 0.3) is 5.91 Å². The van der Waals surface area contributed by atoms with Gasteiger partial charge in [-0.2, -0.15) is 4.98 Å². The number of esters is 1. The second kappa shape index (κ2) is 9.52. The number of hydrogen-bond acceptors (Lipinski definition) is 7. The second-order valence-corrected chi connectivity index (χ2v) is 7.85. The molecule has 0 aliphatic carbocycles. The summed E-state index contributed by atoms with van der Waals surface area (Å²) in [7, 11) is 0. The molecule has 2 heterocycles. The van der Waals surface area contributed by atoms with Gasteiger partial charge in [0.2, 0.25) is 11.7 Å². The average molecular weight is 451 g/mol. The number of rotatable bonds is 7. The first-order valence-electron chi connectivity index (χ1n) is 9.72. The third-order valence-electron chi connectivity index (χ3n) is 4.53. The molecule has 4 rings (SSSR count). The molecule has 1 N–H and O–H groups in total. The van der Waals surface area contributed by atoms with Gasteiger partial charge in [0.15, 0.2) is 0 Å². The lowest BCUT2D eigenvalue weighted by Gasteiger charge is -2.06. The van der Waals surface area contributed by atoms with Gasteiger partial charge >= 0.3 is 5.97 Å². The number of carbonyl (C=O) groups excluding carboxylic acids is 2. The Morgan fingerprint density at radius 3 is 2.69 bits per heavy atom. The van der Waals surface area contributed by atoms with E-state index in [0.29, 0.717) is 27.4 Å². The number of benzene rings is 2. The minimum absolute atomic E-state index is 0.0285. The Hall–Kier alpha value is -3.85. The molecule has 2 aromatic carbocycles. The SMILES string of the molecule is Cc1ccc(-c2noc(CCC(=O)Oc3ccc(NC(=O)c4cccs4)cc3)n2)cc1F. The van der Waals surface area contributed by atoms with Gasteiger partial charge in [-0.3, -0.25) is 9.59 Å². The molecule has 2 aromatic heterocycles. The Labute approximate surface area is 186 Å². The number of anilines is 1. The number of nitrogens with zero attached hydrogens (tertiary/aromatic N) is 2. The van der Waals surface area contributed by atoms with E-state index in [-0.39, 0.29) is 36.3 Å². The minimum Gasteiger partial charge on any atom is -0.427 e. The zero-order valence-corrected chi connectivity index (χ0v) is 17.8. The van der Waals surface area contributed by atoms with Gasteiger partial charge < -0.3 is 14.6 Å². The van der Waals surface area contributed by atoms with Crippen LogP contribution < -0.4 is 10.1 Å². The molecule has 4 aromatic rings. The maximum absolute atomic E-state index is 13.7. The number of carbonyl (C=O) groups is 2. The van der Waals surface area contributed by atoms with Crippen molar-refractivity contribution < 1.29 is 23.2 Å². The summed E-state index contributed by atoms with van der Waals surface area (Å²) >= 11 is 1.35. The van der Waals surface area contributed by atoms with Crippen LogP contribution in [0.4, 0.5) is 10.1 Å². The minimum atomic E-state index is -0.471. The van der Waals surface area contributed by atoms with E-state index in [9.17, 15) is 14.0 Å². The lowest BCUT2D eigenvalue weighted by molar-refractivity contribution is -0.134. The highest BCUT2D eigenvalue weighted by molar-refractivity contribution is 7.12. The Morgan fingerprint density at radius 2 is 1.97 bits per heavy atom. The van der Waals surface area contributed by atoms with Gasteiger partial charge in [-0.25, -0.2) is 4.39 Å². The third-order valence-corrected chi connectivity index (χ3v) is 5.40. The number of halogens is 1. The van der Waals surface area contributed by atoms with E-state index in [2.05, 4.69) is 15.5 Å². The van der Waals surface area contributed by atoms with Crippen molar-refractivity contribution in [3.05, 3.63) is 82.1 Å². The monoisotopic (exact) mass is 451 g/mol. The maximum atomic E-state index is 13.7. The fourth-order valence-electron chi connectivity index (χ4n) is 2.80. The molecule has 7 nitrogen and oxygen atoms in total. The Morgan fingerprint density at radius 1 is 1.16 bits per heavy atom. The predicted octanol–water partition coefficient (Wildman–Crippen LogP) is 5.04. The van der Waals surface area contributed by atoms with Crippen LogP contribution in [0.1, 0.15) is 27.5 Å². The first-order chi connectivity index (χ1) is 15.5.